The van der Waals surface area contributed by atoms with Crippen molar-refractivity contribution in [3.05, 3.63) is 36.1 Å². The summed E-state index contributed by atoms with van der Waals surface area (Å²) >= 11 is 0. The van der Waals surface area contributed by atoms with Gasteiger partial charge < -0.3 is 19.7 Å². The van der Waals surface area contributed by atoms with Gasteiger partial charge in [0.05, 0.1) is 31.0 Å². The van der Waals surface area contributed by atoms with Gasteiger partial charge in [0.15, 0.2) is 5.60 Å². The van der Waals surface area contributed by atoms with Crippen LogP contribution in [0.3, 0.4) is 0 Å². The lowest BCUT2D eigenvalue weighted by atomic mass is 9.81. The molecule has 0 radical (unpaired) electrons. The van der Waals surface area contributed by atoms with E-state index in [9.17, 15) is 14.7 Å². The van der Waals surface area contributed by atoms with E-state index in [4.69, 9.17) is 9.25 Å². The smallest absolute Gasteiger partial charge is 0.368 e. The fourth-order valence-electron chi connectivity index (χ4n) is 3.32. The maximum atomic E-state index is 12.8. The molecule has 134 valence electrons. The molecule has 0 spiro atoms. The van der Waals surface area contributed by atoms with E-state index < -0.39 is 11.6 Å². The van der Waals surface area contributed by atoms with Crippen LogP contribution in [-0.4, -0.2) is 34.9 Å². The Kier molecular flexibility index (Phi) is 4.89. The summed E-state index contributed by atoms with van der Waals surface area (Å²) in [5.74, 6) is -1.25. The zero-order chi connectivity index (χ0) is 17.9. The first-order chi connectivity index (χ1) is 12.0. The van der Waals surface area contributed by atoms with E-state index >= 15 is 0 Å². The average molecular weight is 347 g/mol. The molecule has 2 heterocycles. The fraction of sp³-hybridized carbons (Fsp3) is 0.471. The summed E-state index contributed by atoms with van der Waals surface area (Å²) < 4.78 is 5.06. The van der Waals surface area contributed by atoms with Gasteiger partial charge in [0.2, 0.25) is 5.91 Å². The van der Waals surface area contributed by atoms with Gasteiger partial charge in [-0.15, -0.1) is 0 Å². The van der Waals surface area contributed by atoms with Crippen LogP contribution in [0.2, 0.25) is 0 Å². The van der Waals surface area contributed by atoms with Crippen molar-refractivity contribution < 1.29 is 24.0 Å². The minimum atomic E-state index is -1.77. The van der Waals surface area contributed by atoms with E-state index in [1.165, 1.54) is 37.1 Å². The minimum Gasteiger partial charge on any atom is -0.472 e. The molecule has 0 unspecified atom stereocenters. The zero-order valence-corrected chi connectivity index (χ0v) is 14.0. The minimum absolute atomic E-state index is 0.140. The Hall–Kier alpha value is -2.61. The number of aliphatic imine (C=N–C) groups is 1. The first kappa shape index (κ1) is 17.2. The van der Waals surface area contributed by atoms with E-state index in [0.717, 1.165) is 25.7 Å². The molecule has 0 saturated heterocycles. The molecule has 1 amide bonds. The summed E-state index contributed by atoms with van der Waals surface area (Å²) in [6.07, 6.45) is 8.98. The van der Waals surface area contributed by atoms with Gasteiger partial charge in [-0.3, -0.25) is 4.79 Å². The maximum absolute atomic E-state index is 12.8. The van der Waals surface area contributed by atoms with E-state index in [0.29, 0.717) is 11.3 Å². The lowest BCUT2D eigenvalue weighted by Gasteiger charge is -2.32. The molecule has 2 aliphatic rings. The highest BCUT2D eigenvalue weighted by molar-refractivity contribution is 5.82. The second-order valence-corrected chi connectivity index (χ2v) is 6.31. The Morgan fingerprint density at radius 3 is 2.84 bits per heavy atom. The monoisotopic (exact) mass is 347 g/mol. The molecule has 1 aromatic heterocycles. The molecule has 25 heavy (non-hydrogen) atoms. The zero-order valence-electron chi connectivity index (χ0n) is 14.0. The summed E-state index contributed by atoms with van der Waals surface area (Å²) in [7, 11) is 0. The molecule has 0 bridgehead atoms. The van der Waals surface area contributed by atoms with Crippen LogP contribution in [0, 0.1) is 5.92 Å². The molecule has 1 fully saturated rings. The van der Waals surface area contributed by atoms with Crippen molar-refractivity contribution in [2.45, 2.75) is 38.2 Å². The molecule has 2 N–H and O–H groups in total. The number of carbonyl (C=O) groups is 2. The molecule has 1 aliphatic heterocycles. The van der Waals surface area contributed by atoms with Gasteiger partial charge in [-0.05, 0) is 18.9 Å². The third-order valence-electron chi connectivity index (χ3n) is 4.51. The number of carbonyl (C=O) groups excluding carboxylic acids is 2. The van der Waals surface area contributed by atoms with Crippen molar-refractivity contribution in [2.75, 3.05) is 6.54 Å². The van der Waals surface area contributed by atoms with E-state index in [1.807, 2.05) is 0 Å². The Balaban J connectivity index is 1.74. The van der Waals surface area contributed by atoms with E-state index in [2.05, 4.69) is 10.3 Å². The second kappa shape index (κ2) is 7.10. The maximum Gasteiger partial charge on any atom is 0.368 e. The number of hydrogen-bond acceptors (Lipinski definition) is 7. The number of hydroxylamine groups is 2. The molecule has 1 atom stereocenters. The SMILES string of the molecule is CC(=O)NC1=CN=CN(OC(=O)[C@](O)(c2ccoc2)C2CCCC2)C1. The standard InChI is InChI=1S/C17H21N3O5/c1-12(21)19-15-8-18-11-20(9-15)25-16(22)17(23,13-4-2-3-5-13)14-6-7-24-10-14/h6-8,10-11,13,23H,2-5,9H2,1H3,(H,19,21)/t17-/m1/s1. The number of nitrogens with zero attached hydrogens (tertiary/aromatic N) is 2. The quantitative estimate of drug-likeness (QED) is 0.835. The normalized spacial score (nSPS) is 20.1. The molecular formula is C17H21N3O5. The molecule has 3 rings (SSSR count). The molecule has 1 saturated carbocycles. The summed E-state index contributed by atoms with van der Waals surface area (Å²) in [4.78, 5) is 33.3. The number of hydrogen-bond donors (Lipinski definition) is 2. The van der Waals surface area contributed by atoms with Crippen LogP contribution >= 0.6 is 0 Å². The lowest BCUT2D eigenvalue weighted by Crippen LogP contribution is -2.47. The van der Waals surface area contributed by atoms with E-state index in [1.54, 1.807) is 6.07 Å². The first-order valence-electron chi connectivity index (χ1n) is 8.24. The summed E-state index contributed by atoms with van der Waals surface area (Å²) in [5, 5.41) is 15.0. The van der Waals surface area contributed by atoms with Crippen LogP contribution in [-0.2, 0) is 20.0 Å². The third-order valence-corrected chi connectivity index (χ3v) is 4.51. The number of rotatable bonds is 5. The molecular weight excluding hydrogens is 326 g/mol. The van der Waals surface area contributed by atoms with Crippen LogP contribution in [0.1, 0.15) is 38.2 Å². The largest absolute Gasteiger partial charge is 0.472 e. The Morgan fingerprint density at radius 2 is 2.20 bits per heavy atom. The number of furan rings is 1. The predicted octanol–water partition coefficient (Wildman–Crippen LogP) is 1.44. The molecule has 8 nitrogen and oxygen atoms in total. The predicted molar refractivity (Wildman–Crippen MR) is 87.8 cm³/mol. The molecule has 1 aromatic rings. The Morgan fingerprint density at radius 1 is 1.44 bits per heavy atom. The topological polar surface area (TPSA) is 104 Å². The van der Waals surface area contributed by atoms with Crippen molar-refractivity contribution in [1.29, 1.82) is 0 Å². The van der Waals surface area contributed by atoms with E-state index in [-0.39, 0.29) is 18.4 Å². The third kappa shape index (κ3) is 3.58. The number of amides is 1. The van der Waals surface area contributed by atoms with Crippen LogP contribution < -0.4 is 5.32 Å². The second-order valence-electron chi connectivity index (χ2n) is 6.31. The summed E-state index contributed by atoms with van der Waals surface area (Å²) in [6, 6.07) is 1.58. The number of aliphatic hydroxyl groups is 1. The lowest BCUT2D eigenvalue weighted by molar-refractivity contribution is -0.201. The number of nitrogens with one attached hydrogen (secondary N) is 1. The summed E-state index contributed by atoms with van der Waals surface area (Å²) in [6.45, 7) is 1.52. The van der Waals surface area contributed by atoms with Crippen LogP contribution in [0.5, 0.6) is 0 Å². The van der Waals surface area contributed by atoms with Crippen LogP contribution in [0.25, 0.3) is 0 Å². The fourth-order valence-corrected chi connectivity index (χ4v) is 3.32. The van der Waals surface area contributed by atoms with Gasteiger partial charge in [0.1, 0.15) is 6.34 Å². The highest BCUT2D eigenvalue weighted by Gasteiger charge is 2.49. The Bertz CT molecular complexity index is 691. The van der Waals surface area contributed by atoms with Gasteiger partial charge in [-0.25, -0.2) is 9.79 Å². The van der Waals surface area contributed by atoms with Gasteiger partial charge in [0, 0.05) is 18.4 Å². The highest BCUT2D eigenvalue weighted by atomic mass is 16.7. The van der Waals surface area contributed by atoms with Crippen molar-refractivity contribution >= 4 is 18.2 Å². The van der Waals surface area contributed by atoms with Crippen molar-refractivity contribution in [3.8, 4) is 0 Å². The van der Waals surface area contributed by atoms with Crippen molar-refractivity contribution in [3.63, 3.8) is 0 Å². The average Bonchev–Trinajstić information content (AvgIpc) is 3.27. The molecule has 0 aromatic carbocycles. The van der Waals surface area contributed by atoms with Crippen molar-refractivity contribution in [2.24, 2.45) is 10.9 Å². The highest BCUT2D eigenvalue weighted by Crippen LogP contribution is 2.41. The van der Waals surface area contributed by atoms with Gasteiger partial charge in [-0.2, -0.15) is 5.06 Å². The Labute approximate surface area is 145 Å². The first-order valence-corrected chi connectivity index (χ1v) is 8.24. The van der Waals surface area contributed by atoms with Crippen LogP contribution in [0.4, 0.5) is 0 Å². The molecule has 8 heteroatoms. The summed E-state index contributed by atoms with van der Waals surface area (Å²) in [5.41, 5.74) is -0.890. The van der Waals surface area contributed by atoms with Gasteiger partial charge in [0.25, 0.3) is 0 Å². The van der Waals surface area contributed by atoms with Crippen LogP contribution in [0.15, 0.2) is 39.9 Å². The van der Waals surface area contributed by atoms with Gasteiger partial charge >= 0.3 is 5.97 Å². The molecule has 1 aliphatic carbocycles. The van der Waals surface area contributed by atoms with Crippen molar-refractivity contribution in [1.82, 2.24) is 10.4 Å². The van der Waals surface area contributed by atoms with Gasteiger partial charge in [-0.1, -0.05) is 12.8 Å².